The van der Waals surface area contributed by atoms with Crippen LogP contribution in [-0.2, 0) is 27.3 Å². The zero-order valence-electron chi connectivity index (χ0n) is 17.5. The molecule has 2 amide bonds. The number of morpholine rings is 1. The summed E-state index contributed by atoms with van der Waals surface area (Å²) in [5.74, 6) is 1.21. The van der Waals surface area contributed by atoms with Crippen LogP contribution in [0.5, 0.6) is 0 Å². The summed E-state index contributed by atoms with van der Waals surface area (Å²) >= 11 is 0. The molecule has 0 bridgehead atoms. The number of hydrogen-bond acceptors (Lipinski definition) is 4. The van der Waals surface area contributed by atoms with E-state index in [4.69, 9.17) is 9.72 Å². The minimum absolute atomic E-state index is 0.0886. The number of carbonyl (C=O) groups excluding carboxylic acids is 2. The Kier molecular flexibility index (Phi) is 7.63. The lowest BCUT2D eigenvalue weighted by Crippen LogP contribution is -2.42. The number of aryl methyl sites for hydroxylation is 1. The van der Waals surface area contributed by atoms with Gasteiger partial charge in [-0.15, -0.1) is 0 Å². The molecule has 1 fully saturated rings. The van der Waals surface area contributed by atoms with E-state index in [9.17, 15) is 9.59 Å². The molecule has 1 aliphatic rings. The molecule has 0 aliphatic carbocycles. The second kappa shape index (κ2) is 10.4. The number of imidazole rings is 1. The van der Waals surface area contributed by atoms with Gasteiger partial charge in [-0.25, -0.2) is 4.98 Å². The van der Waals surface area contributed by atoms with Crippen LogP contribution < -0.4 is 5.32 Å². The first kappa shape index (κ1) is 21.3. The number of carbonyl (C=O) groups is 2. The lowest BCUT2D eigenvalue weighted by molar-refractivity contribution is -0.135. The molecule has 1 aromatic heterocycles. The number of nitrogens with one attached hydrogen (secondary N) is 1. The molecule has 0 atom stereocenters. The second-order valence-electron chi connectivity index (χ2n) is 7.50. The summed E-state index contributed by atoms with van der Waals surface area (Å²) in [5, 5.41) is 3.04. The largest absolute Gasteiger partial charge is 0.378 e. The molecule has 3 rings (SSSR count). The first-order chi connectivity index (χ1) is 14.1. The van der Waals surface area contributed by atoms with Crippen LogP contribution in [0.3, 0.4) is 0 Å². The van der Waals surface area contributed by atoms with Crippen LogP contribution in [-0.4, -0.2) is 59.1 Å². The number of aromatic nitrogens is 2. The van der Waals surface area contributed by atoms with Crippen molar-refractivity contribution in [3.8, 4) is 0 Å². The molecular formula is C22H32N4O3. The van der Waals surface area contributed by atoms with E-state index in [1.807, 2.05) is 47.6 Å². The second-order valence-corrected chi connectivity index (χ2v) is 7.50. The van der Waals surface area contributed by atoms with Gasteiger partial charge in [0.15, 0.2) is 0 Å². The highest BCUT2D eigenvalue weighted by Gasteiger charge is 2.20. The number of hydrogen-bond donors (Lipinski definition) is 1. The molecule has 7 heteroatoms. The summed E-state index contributed by atoms with van der Waals surface area (Å²) in [4.78, 5) is 31.5. The molecule has 0 unspecified atom stereocenters. The lowest BCUT2D eigenvalue weighted by atomic mass is 10.0. The average Bonchev–Trinajstić information content (AvgIpc) is 3.10. The van der Waals surface area contributed by atoms with Gasteiger partial charge in [0.2, 0.25) is 11.8 Å². The SMILES string of the molecule is CCC(CC)C(=O)NCCCc1nc2ccccc2n1CC(=O)N1CCOCC1. The van der Waals surface area contributed by atoms with Crippen molar-refractivity contribution >= 4 is 22.8 Å². The van der Waals surface area contributed by atoms with Crippen molar-refractivity contribution in [1.29, 1.82) is 0 Å². The highest BCUT2D eigenvalue weighted by Crippen LogP contribution is 2.18. The fourth-order valence-corrected chi connectivity index (χ4v) is 3.80. The van der Waals surface area contributed by atoms with Crippen molar-refractivity contribution in [3.63, 3.8) is 0 Å². The first-order valence-corrected chi connectivity index (χ1v) is 10.7. The molecular weight excluding hydrogens is 368 g/mol. The number of rotatable bonds is 9. The standard InChI is InChI=1S/C22H32N4O3/c1-3-17(4-2)22(28)23-11-7-10-20-24-18-8-5-6-9-19(18)26(20)16-21(27)25-12-14-29-15-13-25/h5-6,8-9,17H,3-4,7,10-16H2,1-2H3,(H,23,28). The van der Waals surface area contributed by atoms with E-state index in [2.05, 4.69) is 5.32 Å². The van der Waals surface area contributed by atoms with Gasteiger partial charge in [0.05, 0.1) is 24.2 Å². The topological polar surface area (TPSA) is 76.5 Å². The molecule has 1 N–H and O–H groups in total. The van der Waals surface area contributed by atoms with Gasteiger partial charge in [0.25, 0.3) is 0 Å². The van der Waals surface area contributed by atoms with Crippen LogP contribution in [0.4, 0.5) is 0 Å². The summed E-state index contributed by atoms with van der Waals surface area (Å²) in [6.07, 6.45) is 3.23. The normalized spacial score (nSPS) is 14.5. The Bertz CT molecular complexity index is 823. The van der Waals surface area contributed by atoms with Crippen molar-refractivity contribution in [1.82, 2.24) is 19.8 Å². The average molecular weight is 401 g/mol. The first-order valence-electron chi connectivity index (χ1n) is 10.7. The lowest BCUT2D eigenvalue weighted by Gasteiger charge is -2.27. The van der Waals surface area contributed by atoms with E-state index < -0.39 is 0 Å². The Labute approximate surface area is 172 Å². The van der Waals surface area contributed by atoms with Crippen molar-refractivity contribution in [2.75, 3.05) is 32.8 Å². The van der Waals surface area contributed by atoms with Gasteiger partial charge >= 0.3 is 0 Å². The van der Waals surface area contributed by atoms with Crippen molar-refractivity contribution in [2.45, 2.75) is 46.1 Å². The summed E-state index contributed by atoms with van der Waals surface area (Å²) in [6.45, 7) is 7.47. The zero-order chi connectivity index (χ0) is 20.6. The van der Waals surface area contributed by atoms with E-state index in [-0.39, 0.29) is 24.3 Å². The van der Waals surface area contributed by atoms with E-state index in [0.29, 0.717) is 39.3 Å². The summed E-state index contributed by atoms with van der Waals surface area (Å²) < 4.78 is 7.37. The molecule has 2 aromatic rings. The van der Waals surface area contributed by atoms with Crippen LogP contribution in [0.25, 0.3) is 11.0 Å². The van der Waals surface area contributed by atoms with E-state index in [0.717, 1.165) is 36.1 Å². The van der Waals surface area contributed by atoms with Crippen molar-refractivity contribution in [3.05, 3.63) is 30.1 Å². The molecule has 2 heterocycles. The molecule has 7 nitrogen and oxygen atoms in total. The number of nitrogens with zero attached hydrogens (tertiary/aromatic N) is 3. The van der Waals surface area contributed by atoms with E-state index >= 15 is 0 Å². The number of fused-ring (bicyclic) bond motifs is 1. The monoisotopic (exact) mass is 400 g/mol. The number of para-hydroxylation sites is 2. The maximum Gasteiger partial charge on any atom is 0.242 e. The predicted octanol–water partition coefficient (Wildman–Crippen LogP) is 2.38. The summed E-state index contributed by atoms with van der Waals surface area (Å²) in [7, 11) is 0. The third kappa shape index (κ3) is 5.35. The third-order valence-corrected chi connectivity index (χ3v) is 5.62. The highest BCUT2D eigenvalue weighted by molar-refractivity contribution is 5.81. The number of benzene rings is 1. The molecule has 0 saturated carbocycles. The van der Waals surface area contributed by atoms with E-state index in [1.165, 1.54) is 0 Å². The van der Waals surface area contributed by atoms with Gasteiger partial charge in [-0.2, -0.15) is 0 Å². The minimum Gasteiger partial charge on any atom is -0.378 e. The fourth-order valence-electron chi connectivity index (χ4n) is 3.80. The van der Waals surface area contributed by atoms with Crippen molar-refractivity contribution in [2.24, 2.45) is 5.92 Å². The fraction of sp³-hybridized carbons (Fsp3) is 0.591. The predicted molar refractivity (Wildman–Crippen MR) is 113 cm³/mol. The number of ether oxygens (including phenoxy) is 1. The Balaban J connectivity index is 1.65. The van der Waals surface area contributed by atoms with Gasteiger partial charge in [-0.1, -0.05) is 26.0 Å². The summed E-state index contributed by atoms with van der Waals surface area (Å²) in [6, 6.07) is 7.92. The molecule has 1 aromatic carbocycles. The Morgan fingerprint density at radius 1 is 1.17 bits per heavy atom. The third-order valence-electron chi connectivity index (χ3n) is 5.62. The van der Waals surface area contributed by atoms with Crippen LogP contribution in [0.1, 0.15) is 38.9 Å². The van der Waals surface area contributed by atoms with Crippen LogP contribution >= 0.6 is 0 Å². The molecule has 0 spiro atoms. The highest BCUT2D eigenvalue weighted by atomic mass is 16.5. The number of amides is 2. The van der Waals surface area contributed by atoms with Crippen LogP contribution in [0.15, 0.2) is 24.3 Å². The van der Waals surface area contributed by atoms with Crippen LogP contribution in [0.2, 0.25) is 0 Å². The van der Waals surface area contributed by atoms with Gasteiger partial charge in [-0.05, 0) is 31.4 Å². The Morgan fingerprint density at radius 3 is 2.62 bits per heavy atom. The molecule has 1 saturated heterocycles. The Hall–Kier alpha value is -2.41. The van der Waals surface area contributed by atoms with Gasteiger partial charge < -0.3 is 19.5 Å². The maximum absolute atomic E-state index is 12.8. The molecule has 0 radical (unpaired) electrons. The van der Waals surface area contributed by atoms with Crippen molar-refractivity contribution < 1.29 is 14.3 Å². The van der Waals surface area contributed by atoms with Crippen LogP contribution in [0, 0.1) is 5.92 Å². The van der Waals surface area contributed by atoms with Gasteiger partial charge in [0, 0.05) is 32.0 Å². The Morgan fingerprint density at radius 2 is 1.90 bits per heavy atom. The minimum atomic E-state index is 0.0886. The van der Waals surface area contributed by atoms with E-state index in [1.54, 1.807) is 0 Å². The van der Waals surface area contributed by atoms with Gasteiger partial charge in [-0.3, -0.25) is 9.59 Å². The van der Waals surface area contributed by atoms with Gasteiger partial charge in [0.1, 0.15) is 12.4 Å². The smallest absolute Gasteiger partial charge is 0.242 e. The molecule has 1 aliphatic heterocycles. The molecule has 158 valence electrons. The quantitative estimate of drug-likeness (QED) is 0.656. The maximum atomic E-state index is 12.8. The zero-order valence-corrected chi connectivity index (χ0v) is 17.5. The summed E-state index contributed by atoms with van der Waals surface area (Å²) in [5.41, 5.74) is 1.88. The molecule has 29 heavy (non-hydrogen) atoms.